The summed E-state index contributed by atoms with van der Waals surface area (Å²) < 4.78 is 61.4. The molecule has 0 spiro atoms. The number of nitrogens with zero attached hydrogens (tertiary/aromatic N) is 1. The van der Waals surface area contributed by atoms with Gasteiger partial charge in [0.2, 0.25) is 0 Å². The minimum Gasteiger partial charge on any atom is -0.326 e. The van der Waals surface area contributed by atoms with Crippen molar-refractivity contribution in [3.8, 4) is 0 Å². The smallest absolute Gasteiger partial charge is 0.326 e. The Labute approximate surface area is 85.2 Å². The number of rotatable bonds is 5. The van der Waals surface area contributed by atoms with Crippen LogP contribution in [-0.4, -0.2) is 43.2 Å². The first-order valence-electron chi connectivity index (χ1n) is 4.50. The molecule has 2 nitrogen and oxygen atoms in total. The third-order valence-corrected chi connectivity index (χ3v) is 2.11. The van der Waals surface area contributed by atoms with Crippen molar-refractivity contribution in [3.05, 3.63) is 0 Å². The highest BCUT2D eigenvalue weighted by Crippen LogP contribution is 2.27. The fraction of sp³-hybridized carbons (Fsp3) is 1.00. The molecule has 0 aromatic carbocycles. The van der Waals surface area contributed by atoms with Crippen molar-refractivity contribution in [2.75, 3.05) is 13.6 Å². The Hall–Kier alpha value is -0.430. The largest absolute Gasteiger partial charge is 0.405 e. The number of hydrogen-bond acceptors (Lipinski definition) is 2. The van der Waals surface area contributed by atoms with Gasteiger partial charge < -0.3 is 5.73 Å². The Morgan fingerprint density at radius 3 is 2.00 bits per heavy atom. The Kier molecular flexibility index (Phi) is 5.44. The van der Waals surface area contributed by atoms with E-state index in [1.54, 1.807) is 0 Å². The van der Waals surface area contributed by atoms with E-state index in [9.17, 15) is 22.0 Å². The minimum atomic E-state index is -4.58. The fourth-order valence-electron chi connectivity index (χ4n) is 1.37. The van der Waals surface area contributed by atoms with Crippen LogP contribution in [0, 0.1) is 0 Å². The normalized spacial score (nSPS) is 17.2. The van der Waals surface area contributed by atoms with E-state index in [1.807, 2.05) is 0 Å². The summed E-state index contributed by atoms with van der Waals surface area (Å²) in [5.41, 5.74) is 5.27. The first kappa shape index (κ1) is 14.6. The van der Waals surface area contributed by atoms with Crippen LogP contribution in [0.1, 0.15) is 13.3 Å². The van der Waals surface area contributed by atoms with Crippen LogP contribution in [0.25, 0.3) is 0 Å². The summed E-state index contributed by atoms with van der Waals surface area (Å²) in [5.74, 6) is 0. The van der Waals surface area contributed by atoms with Crippen molar-refractivity contribution >= 4 is 0 Å². The van der Waals surface area contributed by atoms with Gasteiger partial charge >= 0.3 is 6.18 Å². The monoisotopic (exact) mass is 234 g/mol. The highest BCUT2D eigenvalue weighted by atomic mass is 19.4. The van der Waals surface area contributed by atoms with Crippen molar-refractivity contribution in [2.45, 2.75) is 38.0 Å². The third kappa shape index (κ3) is 4.74. The molecular weight excluding hydrogens is 219 g/mol. The van der Waals surface area contributed by atoms with E-state index in [-0.39, 0.29) is 6.42 Å². The first-order chi connectivity index (χ1) is 6.70. The van der Waals surface area contributed by atoms with Gasteiger partial charge in [-0.05, 0) is 13.5 Å². The zero-order valence-electron chi connectivity index (χ0n) is 8.56. The Morgan fingerprint density at radius 1 is 1.27 bits per heavy atom. The average Bonchev–Trinajstić information content (AvgIpc) is 1.99. The number of likely N-dealkylation sites (N-methyl/N-ethyl adjacent to an activating group) is 1. The maximum absolute atomic E-state index is 12.5. The average molecular weight is 234 g/mol. The van der Waals surface area contributed by atoms with Crippen LogP contribution in [0.5, 0.6) is 0 Å². The molecule has 0 rings (SSSR count). The van der Waals surface area contributed by atoms with Gasteiger partial charge in [0, 0.05) is 6.04 Å². The molecule has 0 aliphatic rings. The van der Waals surface area contributed by atoms with Gasteiger partial charge in [-0.1, -0.05) is 6.92 Å². The molecule has 2 atom stereocenters. The minimum absolute atomic E-state index is 0.0811. The zero-order valence-corrected chi connectivity index (χ0v) is 8.56. The predicted molar refractivity (Wildman–Crippen MR) is 46.7 cm³/mol. The second-order valence-corrected chi connectivity index (χ2v) is 3.39. The second kappa shape index (κ2) is 5.60. The van der Waals surface area contributed by atoms with Crippen LogP contribution in [0.2, 0.25) is 0 Å². The number of halogens is 5. The van der Waals surface area contributed by atoms with Gasteiger partial charge in [0.25, 0.3) is 6.43 Å². The molecular formula is C8H15F5N2. The summed E-state index contributed by atoms with van der Waals surface area (Å²) in [7, 11) is 1.000. The van der Waals surface area contributed by atoms with Crippen LogP contribution in [-0.2, 0) is 0 Å². The van der Waals surface area contributed by atoms with Crippen molar-refractivity contribution < 1.29 is 22.0 Å². The Bertz CT molecular complexity index is 182. The van der Waals surface area contributed by atoms with E-state index in [0.717, 1.165) is 7.05 Å². The molecule has 92 valence electrons. The lowest BCUT2D eigenvalue weighted by Gasteiger charge is -2.33. The van der Waals surface area contributed by atoms with Crippen LogP contribution in [0.3, 0.4) is 0 Å². The second-order valence-electron chi connectivity index (χ2n) is 3.39. The number of nitrogens with two attached hydrogens (primary N) is 1. The number of hydrogen-bond donors (Lipinski definition) is 1. The lowest BCUT2D eigenvalue weighted by molar-refractivity contribution is -0.189. The highest BCUT2D eigenvalue weighted by molar-refractivity contribution is 4.86. The molecule has 0 heterocycles. The summed E-state index contributed by atoms with van der Waals surface area (Å²) in [6, 6.07) is -3.20. The van der Waals surface area contributed by atoms with E-state index < -0.39 is 31.2 Å². The summed E-state index contributed by atoms with van der Waals surface area (Å²) in [4.78, 5) is 0.554. The lowest BCUT2D eigenvalue weighted by atomic mass is 10.1. The van der Waals surface area contributed by atoms with Gasteiger partial charge in [-0.3, -0.25) is 4.90 Å². The number of alkyl halides is 5. The van der Waals surface area contributed by atoms with Crippen molar-refractivity contribution in [2.24, 2.45) is 5.73 Å². The molecule has 0 aliphatic heterocycles. The molecule has 0 saturated heterocycles. The SMILES string of the molecule is CCC(N)C(N(C)CC(F)F)C(F)(F)F. The highest BCUT2D eigenvalue weighted by Gasteiger charge is 2.45. The fourth-order valence-corrected chi connectivity index (χ4v) is 1.37. The summed E-state index contributed by atoms with van der Waals surface area (Å²) in [6.07, 6.45) is -7.31. The molecule has 0 fully saturated rings. The van der Waals surface area contributed by atoms with E-state index in [2.05, 4.69) is 0 Å². The van der Waals surface area contributed by atoms with Gasteiger partial charge in [0.15, 0.2) is 0 Å². The topological polar surface area (TPSA) is 29.3 Å². The molecule has 0 aromatic heterocycles. The van der Waals surface area contributed by atoms with Crippen molar-refractivity contribution in [3.63, 3.8) is 0 Å². The molecule has 15 heavy (non-hydrogen) atoms. The van der Waals surface area contributed by atoms with Crippen molar-refractivity contribution in [1.29, 1.82) is 0 Å². The molecule has 2 unspecified atom stereocenters. The first-order valence-corrected chi connectivity index (χ1v) is 4.50. The molecule has 0 radical (unpaired) electrons. The van der Waals surface area contributed by atoms with Gasteiger partial charge in [-0.15, -0.1) is 0 Å². The van der Waals surface area contributed by atoms with Gasteiger partial charge in [-0.25, -0.2) is 8.78 Å². The van der Waals surface area contributed by atoms with Crippen molar-refractivity contribution in [1.82, 2.24) is 4.90 Å². The quantitative estimate of drug-likeness (QED) is 0.735. The van der Waals surface area contributed by atoms with Crippen LogP contribution < -0.4 is 5.73 Å². The van der Waals surface area contributed by atoms with E-state index in [0.29, 0.717) is 4.90 Å². The maximum atomic E-state index is 12.5. The lowest BCUT2D eigenvalue weighted by Crippen LogP contribution is -2.55. The van der Waals surface area contributed by atoms with E-state index in [1.165, 1.54) is 6.92 Å². The van der Waals surface area contributed by atoms with Gasteiger partial charge in [0.05, 0.1) is 6.54 Å². The summed E-state index contributed by atoms with van der Waals surface area (Å²) >= 11 is 0. The Balaban J connectivity index is 4.63. The molecule has 0 saturated carbocycles. The standard InChI is InChI=1S/C8H15F5N2/c1-3-5(14)7(8(11,12)13)15(2)4-6(9)10/h5-7H,3-4,14H2,1-2H3. The van der Waals surface area contributed by atoms with Gasteiger partial charge in [-0.2, -0.15) is 13.2 Å². The van der Waals surface area contributed by atoms with Crippen LogP contribution >= 0.6 is 0 Å². The molecule has 0 amide bonds. The summed E-state index contributed by atoms with van der Waals surface area (Å²) in [5, 5.41) is 0. The van der Waals surface area contributed by atoms with E-state index in [4.69, 9.17) is 5.73 Å². The Morgan fingerprint density at radius 2 is 1.73 bits per heavy atom. The molecule has 0 aliphatic carbocycles. The van der Waals surface area contributed by atoms with Gasteiger partial charge in [0.1, 0.15) is 6.04 Å². The molecule has 0 bridgehead atoms. The zero-order chi connectivity index (χ0) is 12.2. The summed E-state index contributed by atoms with van der Waals surface area (Å²) in [6.45, 7) is 0.553. The molecule has 2 N–H and O–H groups in total. The maximum Gasteiger partial charge on any atom is 0.405 e. The van der Waals surface area contributed by atoms with Crippen LogP contribution in [0.15, 0.2) is 0 Å². The predicted octanol–water partition coefficient (Wildman–Crippen LogP) is 1.85. The van der Waals surface area contributed by atoms with Crippen LogP contribution in [0.4, 0.5) is 22.0 Å². The molecule has 0 aromatic rings. The molecule has 7 heteroatoms. The van der Waals surface area contributed by atoms with E-state index >= 15 is 0 Å². The third-order valence-electron chi connectivity index (χ3n) is 2.11.